The number of nitro groups is 1. The van der Waals surface area contributed by atoms with Gasteiger partial charge in [-0.3, -0.25) is 19.7 Å². The number of Topliss-reactive ketones (excluding diaryl/α,β-unsaturated/α-hetero) is 1. The van der Waals surface area contributed by atoms with Crippen LogP contribution in [-0.2, 0) is 22.6 Å². The highest BCUT2D eigenvalue weighted by molar-refractivity contribution is 6.42. The molecular weight excluding hydrogens is 262 g/mol. The molecule has 0 spiro atoms. The van der Waals surface area contributed by atoms with E-state index in [2.05, 4.69) is 10.6 Å². The van der Waals surface area contributed by atoms with Gasteiger partial charge in [-0.15, -0.1) is 0 Å². The standard InChI is InChI=1S/C13H13N3O4/c17-12-5-10-7(6-14-8-1-2-8)3-9(16(19)20)4-11(10)15-13(12)18/h3-4,8,14H,1-2,5-6H2,(H,15,18). The lowest BCUT2D eigenvalue weighted by molar-refractivity contribution is -0.384. The normalized spacial score (nSPS) is 17.6. The molecule has 1 amide bonds. The van der Waals surface area contributed by atoms with Crippen LogP contribution in [0.2, 0.25) is 0 Å². The van der Waals surface area contributed by atoms with Crippen molar-refractivity contribution in [3.8, 4) is 0 Å². The van der Waals surface area contributed by atoms with Crippen LogP contribution >= 0.6 is 0 Å². The Labute approximate surface area is 114 Å². The predicted molar refractivity (Wildman–Crippen MR) is 70.3 cm³/mol. The van der Waals surface area contributed by atoms with Crippen LogP contribution in [0.1, 0.15) is 24.0 Å². The van der Waals surface area contributed by atoms with E-state index in [1.165, 1.54) is 12.1 Å². The van der Waals surface area contributed by atoms with Crippen molar-refractivity contribution in [2.45, 2.75) is 31.8 Å². The van der Waals surface area contributed by atoms with Crippen molar-refractivity contribution in [1.82, 2.24) is 5.32 Å². The van der Waals surface area contributed by atoms with Crippen LogP contribution in [0.3, 0.4) is 0 Å². The molecule has 1 aromatic rings. The van der Waals surface area contributed by atoms with E-state index >= 15 is 0 Å². The largest absolute Gasteiger partial charge is 0.319 e. The third-order valence-electron chi connectivity index (χ3n) is 3.54. The van der Waals surface area contributed by atoms with Crippen molar-refractivity contribution < 1.29 is 14.5 Å². The molecule has 0 aromatic heterocycles. The van der Waals surface area contributed by atoms with E-state index in [1.807, 2.05) is 0 Å². The van der Waals surface area contributed by atoms with Gasteiger partial charge in [0.05, 0.1) is 10.6 Å². The van der Waals surface area contributed by atoms with E-state index in [1.54, 1.807) is 0 Å². The van der Waals surface area contributed by atoms with Gasteiger partial charge in [0.2, 0.25) is 5.78 Å². The molecule has 1 aliphatic carbocycles. The summed E-state index contributed by atoms with van der Waals surface area (Å²) in [5.74, 6) is -1.22. The summed E-state index contributed by atoms with van der Waals surface area (Å²) >= 11 is 0. The van der Waals surface area contributed by atoms with Crippen molar-refractivity contribution >= 4 is 23.1 Å². The number of benzene rings is 1. The highest BCUT2D eigenvalue weighted by Gasteiger charge is 2.28. The smallest absolute Gasteiger partial charge is 0.292 e. The van der Waals surface area contributed by atoms with Gasteiger partial charge in [0.15, 0.2) is 0 Å². The summed E-state index contributed by atoms with van der Waals surface area (Å²) in [5.41, 5.74) is 1.67. The lowest BCUT2D eigenvalue weighted by Gasteiger charge is -2.19. The zero-order chi connectivity index (χ0) is 14.3. The van der Waals surface area contributed by atoms with Gasteiger partial charge in [-0.05, 0) is 24.0 Å². The average molecular weight is 275 g/mol. The molecule has 0 unspecified atom stereocenters. The molecule has 7 heteroatoms. The first kappa shape index (κ1) is 12.7. The number of rotatable bonds is 4. The minimum atomic E-state index is -0.709. The quantitative estimate of drug-likeness (QED) is 0.483. The molecule has 104 valence electrons. The first-order valence-electron chi connectivity index (χ1n) is 6.42. The second kappa shape index (κ2) is 4.68. The van der Waals surface area contributed by atoms with Gasteiger partial charge in [0, 0.05) is 31.1 Å². The fourth-order valence-corrected chi connectivity index (χ4v) is 2.27. The van der Waals surface area contributed by atoms with Crippen LogP contribution in [0.15, 0.2) is 12.1 Å². The number of non-ortho nitro benzene ring substituents is 1. The van der Waals surface area contributed by atoms with Crippen molar-refractivity contribution in [2.24, 2.45) is 0 Å². The summed E-state index contributed by atoms with van der Waals surface area (Å²) < 4.78 is 0. The molecule has 1 fully saturated rings. The second-order valence-corrected chi connectivity index (χ2v) is 5.10. The highest BCUT2D eigenvalue weighted by Crippen LogP contribution is 2.31. The number of anilines is 1. The summed E-state index contributed by atoms with van der Waals surface area (Å²) in [4.78, 5) is 33.3. The molecular formula is C13H13N3O4. The predicted octanol–water partition coefficient (Wildman–Crippen LogP) is 0.910. The number of fused-ring (bicyclic) bond motifs is 1. The lowest BCUT2D eigenvalue weighted by Crippen LogP contribution is -2.31. The molecule has 1 aliphatic heterocycles. The van der Waals surface area contributed by atoms with E-state index in [-0.39, 0.29) is 12.1 Å². The molecule has 0 bridgehead atoms. The Kier molecular flexibility index (Phi) is 2.98. The monoisotopic (exact) mass is 275 g/mol. The Balaban J connectivity index is 1.98. The van der Waals surface area contributed by atoms with Gasteiger partial charge < -0.3 is 10.6 Å². The van der Waals surface area contributed by atoms with E-state index in [0.717, 1.165) is 12.8 Å². The van der Waals surface area contributed by atoms with Crippen LogP contribution < -0.4 is 10.6 Å². The number of amides is 1. The van der Waals surface area contributed by atoms with Gasteiger partial charge in [0.25, 0.3) is 11.6 Å². The van der Waals surface area contributed by atoms with E-state index in [4.69, 9.17) is 0 Å². The van der Waals surface area contributed by atoms with Crippen LogP contribution in [0.25, 0.3) is 0 Å². The van der Waals surface area contributed by atoms with Crippen LogP contribution in [-0.4, -0.2) is 22.7 Å². The van der Waals surface area contributed by atoms with Crippen molar-refractivity contribution in [3.63, 3.8) is 0 Å². The van der Waals surface area contributed by atoms with Gasteiger partial charge in [0.1, 0.15) is 0 Å². The number of ketones is 1. The Bertz CT molecular complexity index is 622. The van der Waals surface area contributed by atoms with E-state index in [0.29, 0.717) is 29.4 Å². The minimum absolute atomic E-state index is 0.000834. The van der Waals surface area contributed by atoms with Crippen LogP contribution in [0, 0.1) is 10.1 Å². The van der Waals surface area contributed by atoms with Gasteiger partial charge in [-0.1, -0.05) is 0 Å². The number of nitrogens with zero attached hydrogens (tertiary/aromatic N) is 1. The van der Waals surface area contributed by atoms with Crippen LogP contribution in [0.5, 0.6) is 0 Å². The Morgan fingerprint density at radius 2 is 2.10 bits per heavy atom. The molecule has 2 N–H and O–H groups in total. The van der Waals surface area contributed by atoms with Crippen molar-refractivity contribution in [3.05, 3.63) is 33.4 Å². The topological polar surface area (TPSA) is 101 Å². The molecule has 0 atom stereocenters. The maximum Gasteiger partial charge on any atom is 0.292 e. The van der Waals surface area contributed by atoms with E-state index in [9.17, 15) is 19.7 Å². The maximum absolute atomic E-state index is 11.5. The zero-order valence-corrected chi connectivity index (χ0v) is 10.6. The molecule has 2 aliphatic rings. The lowest BCUT2D eigenvalue weighted by atomic mass is 9.95. The molecule has 0 radical (unpaired) electrons. The first-order chi connectivity index (χ1) is 9.54. The summed E-state index contributed by atoms with van der Waals surface area (Å²) in [7, 11) is 0. The Morgan fingerprint density at radius 1 is 1.35 bits per heavy atom. The fraction of sp³-hybridized carbons (Fsp3) is 0.385. The summed E-state index contributed by atoms with van der Waals surface area (Å²) in [6.07, 6.45) is 2.21. The summed E-state index contributed by atoms with van der Waals surface area (Å²) in [5, 5.41) is 16.6. The van der Waals surface area contributed by atoms with Crippen molar-refractivity contribution in [2.75, 3.05) is 5.32 Å². The molecule has 7 nitrogen and oxygen atoms in total. The third-order valence-corrected chi connectivity index (χ3v) is 3.54. The van der Waals surface area contributed by atoms with Gasteiger partial charge in [-0.2, -0.15) is 0 Å². The van der Waals surface area contributed by atoms with Crippen molar-refractivity contribution in [1.29, 1.82) is 0 Å². The summed E-state index contributed by atoms with van der Waals surface area (Å²) in [6, 6.07) is 3.23. The molecule has 0 saturated heterocycles. The maximum atomic E-state index is 11.5. The van der Waals surface area contributed by atoms with Crippen LogP contribution in [0.4, 0.5) is 11.4 Å². The molecule has 20 heavy (non-hydrogen) atoms. The number of hydrogen-bond donors (Lipinski definition) is 2. The minimum Gasteiger partial charge on any atom is -0.319 e. The summed E-state index contributed by atoms with van der Waals surface area (Å²) in [6.45, 7) is 0.470. The molecule has 3 rings (SSSR count). The fourth-order valence-electron chi connectivity index (χ4n) is 2.27. The Morgan fingerprint density at radius 3 is 2.75 bits per heavy atom. The number of carbonyl (C=O) groups is 2. The first-order valence-corrected chi connectivity index (χ1v) is 6.42. The Hall–Kier alpha value is -2.28. The zero-order valence-electron chi connectivity index (χ0n) is 10.6. The third kappa shape index (κ3) is 2.39. The number of hydrogen-bond acceptors (Lipinski definition) is 5. The molecule has 1 saturated carbocycles. The van der Waals surface area contributed by atoms with E-state index < -0.39 is 16.6 Å². The number of nitrogens with one attached hydrogen (secondary N) is 2. The molecule has 1 aromatic carbocycles. The van der Waals surface area contributed by atoms with Gasteiger partial charge in [-0.25, -0.2) is 0 Å². The second-order valence-electron chi connectivity index (χ2n) is 5.10. The highest BCUT2D eigenvalue weighted by atomic mass is 16.6. The molecule has 1 heterocycles. The SMILES string of the molecule is O=C1Cc2c(CNC3CC3)cc([N+](=O)[O-])cc2NC1=O. The number of nitro benzene ring substituents is 1. The number of carbonyl (C=O) groups excluding carboxylic acids is 2. The average Bonchev–Trinajstić information content (AvgIpc) is 3.21. The van der Waals surface area contributed by atoms with Gasteiger partial charge >= 0.3 is 0 Å².